The fourth-order valence-electron chi connectivity index (χ4n) is 3.88. The van der Waals surface area contributed by atoms with Crippen molar-refractivity contribution in [2.24, 2.45) is 0 Å². The van der Waals surface area contributed by atoms with Gasteiger partial charge in [0.25, 0.3) is 5.91 Å². The van der Waals surface area contributed by atoms with Crippen molar-refractivity contribution in [3.8, 4) is 11.5 Å². The molecule has 0 spiro atoms. The van der Waals surface area contributed by atoms with Gasteiger partial charge in [-0.2, -0.15) is 0 Å². The van der Waals surface area contributed by atoms with E-state index in [2.05, 4.69) is 53.9 Å². The summed E-state index contributed by atoms with van der Waals surface area (Å²) in [6, 6.07) is 21.9. The number of likely N-dealkylation sites (N-methyl/N-ethyl adjacent to an activating group) is 1. The summed E-state index contributed by atoms with van der Waals surface area (Å²) in [5, 5.41) is 6.47. The highest BCUT2D eigenvalue weighted by molar-refractivity contribution is 6.37. The fourth-order valence-corrected chi connectivity index (χ4v) is 3.88. The molecule has 170 valence electrons. The molecule has 33 heavy (non-hydrogen) atoms. The van der Waals surface area contributed by atoms with Crippen LogP contribution in [0.5, 0.6) is 11.5 Å². The van der Waals surface area contributed by atoms with Gasteiger partial charge in [-0.05, 0) is 49.8 Å². The Morgan fingerprint density at radius 2 is 1.61 bits per heavy atom. The van der Waals surface area contributed by atoms with Gasteiger partial charge in [-0.15, -0.1) is 0 Å². The van der Waals surface area contributed by atoms with Gasteiger partial charge in [-0.3, -0.25) is 4.79 Å². The summed E-state index contributed by atoms with van der Waals surface area (Å²) in [5.74, 6) is 0.970. The second-order valence-electron chi connectivity index (χ2n) is 8.20. The number of hydrogen-bond acceptors (Lipinski definition) is 5. The number of carbonyl (C=O) groups excluding carboxylic acids is 1. The van der Waals surface area contributed by atoms with Crippen molar-refractivity contribution in [2.45, 2.75) is 6.42 Å². The van der Waals surface area contributed by atoms with Gasteiger partial charge in [0.1, 0.15) is 0 Å². The molecule has 0 aliphatic carbocycles. The number of nitrogens with one attached hydrogen (secondary N) is 2. The third-order valence-corrected chi connectivity index (χ3v) is 5.65. The molecular weight excluding hydrogens is 414 g/mol. The van der Waals surface area contributed by atoms with Crippen LogP contribution in [0.25, 0.3) is 11.3 Å². The van der Waals surface area contributed by atoms with E-state index in [-0.39, 0.29) is 5.91 Å². The van der Waals surface area contributed by atoms with Crippen LogP contribution in [0.4, 0.5) is 11.4 Å². The zero-order valence-corrected chi connectivity index (χ0v) is 19.4. The van der Waals surface area contributed by atoms with Crippen LogP contribution in [0.3, 0.4) is 0 Å². The number of rotatable bonds is 8. The number of fused-ring (bicyclic) bond motifs is 1. The van der Waals surface area contributed by atoms with Crippen LogP contribution >= 0.6 is 0 Å². The van der Waals surface area contributed by atoms with Gasteiger partial charge in [-0.1, -0.05) is 42.5 Å². The van der Waals surface area contributed by atoms with Gasteiger partial charge in [-0.25, -0.2) is 0 Å². The van der Waals surface area contributed by atoms with Crippen molar-refractivity contribution in [3.63, 3.8) is 0 Å². The minimum Gasteiger partial charge on any atom is -0.493 e. The number of benzene rings is 3. The highest BCUT2D eigenvalue weighted by Gasteiger charge is 2.30. The monoisotopic (exact) mass is 443 g/mol. The van der Waals surface area contributed by atoms with Crippen molar-refractivity contribution in [3.05, 3.63) is 83.4 Å². The lowest BCUT2D eigenvalue weighted by molar-refractivity contribution is -0.110. The molecule has 0 bridgehead atoms. The van der Waals surface area contributed by atoms with Crippen LogP contribution in [-0.2, 0) is 11.2 Å². The third kappa shape index (κ3) is 4.86. The maximum Gasteiger partial charge on any atom is 0.258 e. The van der Waals surface area contributed by atoms with E-state index in [0.717, 1.165) is 35.5 Å². The molecule has 0 saturated heterocycles. The number of hydrogen-bond donors (Lipinski definition) is 2. The second-order valence-corrected chi connectivity index (χ2v) is 8.20. The first-order valence-corrected chi connectivity index (χ1v) is 10.9. The van der Waals surface area contributed by atoms with Crippen LogP contribution in [0.2, 0.25) is 0 Å². The van der Waals surface area contributed by atoms with Crippen molar-refractivity contribution in [1.29, 1.82) is 0 Å². The minimum atomic E-state index is -0.172. The Hall–Kier alpha value is -3.77. The van der Waals surface area contributed by atoms with E-state index >= 15 is 0 Å². The predicted molar refractivity (Wildman–Crippen MR) is 134 cm³/mol. The van der Waals surface area contributed by atoms with E-state index in [1.807, 2.05) is 36.4 Å². The minimum absolute atomic E-state index is 0.172. The van der Waals surface area contributed by atoms with Crippen molar-refractivity contribution >= 4 is 28.6 Å². The van der Waals surface area contributed by atoms with E-state index in [0.29, 0.717) is 22.8 Å². The Balaban J connectivity index is 1.77. The third-order valence-electron chi connectivity index (χ3n) is 5.65. The Labute approximate surface area is 194 Å². The molecule has 0 radical (unpaired) electrons. The summed E-state index contributed by atoms with van der Waals surface area (Å²) in [5.41, 5.74) is 5.87. The highest BCUT2D eigenvalue weighted by atomic mass is 16.5. The van der Waals surface area contributed by atoms with Crippen LogP contribution < -0.4 is 20.1 Å². The SMILES string of the molecule is COc1cc2c(cc1OC)/C(=C(/Nc1ccc(CCN(C)C)cc1)c1ccccc1)C(=O)N2. The maximum absolute atomic E-state index is 13.1. The lowest BCUT2D eigenvalue weighted by Crippen LogP contribution is -2.15. The quantitative estimate of drug-likeness (QED) is 0.493. The van der Waals surface area contributed by atoms with Crippen LogP contribution in [0.1, 0.15) is 16.7 Å². The first-order chi connectivity index (χ1) is 16.0. The number of nitrogens with zero attached hydrogens (tertiary/aromatic N) is 1. The molecule has 1 heterocycles. The number of anilines is 2. The van der Waals surface area contributed by atoms with Gasteiger partial charge in [0, 0.05) is 23.9 Å². The summed E-state index contributed by atoms with van der Waals surface area (Å²) in [6.45, 7) is 0.994. The molecule has 2 N–H and O–H groups in total. The Kier molecular flexibility index (Phi) is 6.66. The van der Waals surface area contributed by atoms with Crippen LogP contribution in [0, 0.1) is 0 Å². The summed E-state index contributed by atoms with van der Waals surface area (Å²) in [7, 11) is 7.32. The normalized spacial score (nSPS) is 14.0. The Bertz CT molecular complexity index is 1170. The molecule has 1 aliphatic rings. The summed E-state index contributed by atoms with van der Waals surface area (Å²) in [4.78, 5) is 15.3. The zero-order chi connectivity index (χ0) is 23.4. The number of amides is 1. The molecule has 0 unspecified atom stereocenters. The average Bonchev–Trinajstić information content (AvgIpc) is 3.15. The summed E-state index contributed by atoms with van der Waals surface area (Å²) in [6.07, 6.45) is 0.983. The van der Waals surface area contributed by atoms with Gasteiger partial charge in [0.2, 0.25) is 0 Å². The molecule has 0 fully saturated rings. The highest BCUT2D eigenvalue weighted by Crippen LogP contribution is 2.43. The standard InChI is InChI=1S/C27H29N3O3/c1-30(2)15-14-18-10-12-20(13-11-18)28-26(19-8-6-5-7-9-19)25-21-16-23(32-3)24(33-4)17-22(21)29-27(25)31/h5-13,16-17,28H,14-15H2,1-4H3,(H,29,31)/b26-25-. The number of methoxy groups -OCH3 is 2. The second kappa shape index (κ2) is 9.79. The molecule has 1 amide bonds. The van der Waals surface area contributed by atoms with E-state index in [1.54, 1.807) is 20.3 Å². The predicted octanol–water partition coefficient (Wildman–Crippen LogP) is 4.74. The molecule has 3 aromatic carbocycles. The maximum atomic E-state index is 13.1. The Morgan fingerprint density at radius 1 is 0.939 bits per heavy atom. The Morgan fingerprint density at radius 3 is 2.24 bits per heavy atom. The zero-order valence-electron chi connectivity index (χ0n) is 19.4. The number of ether oxygens (including phenoxy) is 2. The molecule has 4 rings (SSSR count). The molecule has 0 saturated carbocycles. The first-order valence-electron chi connectivity index (χ1n) is 10.9. The van der Waals surface area contributed by atoms with Gasteiger partial charge in [0.05, 0.1) is 31.2 Å². The van der Waals surface area contributed by atoms with Crippen LogP contribution in [-0.4, -0.2) is 45.7 Å². The van der Waals surface area contributed by atoms with Gasteiger partial charge < -0.3 is 25.0 Å². The first kappa shape index (κ1) is 22.4. The molecule has 3 aromatic rings. The van der Waals surface area contributed by atoms with E-state index < -0.39 is 0 Å². The summed E-state index contributed by atoms with van der Waals surface area (Å²) < 4.78 is 10.9. The van der Waals surface area contributed by atoms with E-state index in [1.165, 1.54) is 5.56 Å². The van der Waals surface area contributed by atoms with Crippen LogP contribution in [0.15, 0.2) is 66.7 Å². The molecule has 1 aliphatic heterocycles. The topological polar surface area (TPSA) is 62.8 Å². The lowest BCUT2D eigenvalue weighted by Gasteiger charge is -2.16. The summed E-state index contributed by atoms with van der Waals surface area (Å²) >= 11 is 0. The molecule has 6 heteroatoms. The van der Waals surface area contributed by atoms with E-state index in [4.69, 9.17) is 9.47 Å². The largest absolute Gasteiger partial charge is 0.493 e. The van der Waals surface area contributed by atoms with E-state index in [9.17, 15) is 4.79 Å². The average molecular weight is 444 g/mol. The van der Waals surface area contributed by atoms with Crippen molar-refractivity contribution in [1.82, 2.24) is 4.90 Å². The van der Waals surface area contributed by atoms with Gasteiger partial charge >= 0.3 is 0 Å². The molecular formula is C27H29N3O3. The van der Waals surface area contributed by atoms with Crippen molar-refractivity contribution < 1.29 is 14.3 Å². The lowest BCUT2D eigenvalue weighted by atomic mass is 9.99. The molecule has 6 nitrogen and oxygen atoms in total. The molecule has 0 aromatic heterocycles. The fraction of sp³-hybridized carbons (Fsp3) is 0.222. The van der Waals surface area contributed by atoms with Crippen molar-refractivity contribution in [2.75, 3.05) is 45.5 Å². The smallest absolute Gasteiger partial charge is 0.258 e. The van der Waals surface area contributed by atoms with Gasteiger partial charge in [0.15, 0.2) is 11.5 Å². The molecule has 0 atom stereocenters. The number of carbonyl (C=O) groups is 1.